The fourth-order valence-corrected chi connectivity index (χ4v) is 2.97. The second-order valence-electron chi connectivity index (χ2n) is 1.93. The second-order valence-corrected chi connectivity index (χ2v) is 7.99. The van der Waals surface area contributed by atoms with Crippen molar-refractivity contribution in [3.63, 3.8) is 0 Å². The Morgan fingerprint density at radius 1 is 1.38 bits per heavy atom. The molecule has 5 nitrogen and oxygen atoms in total. The SMILES string of the molecule is CCO[PH](O)(O)S(=O)(=O)C(F)(F)F. The average molecular weight is 244 g/mol. The average Bonchev–Trinajstić information content (AvgIpc) is 1.84. The third-order valence-electron chi connectivity index (χ3n) is 0.987. The molecule has 0 aliphatic heterocycles. The van der Waals surface area contributed by atoms with Crippen LogP contribution >= 0.6 is 7.15 Å². The third-order valence-corrected chi connectivity index (χ3v) is 6.11. The second kappa shape index (κ2) is 3.66. The van der Waals surface area contributed by atoms with Crippen molar-refractivity contribution < 1.29 is 35.9 Å². The summed E-state index contributed by atoms with van der Waals surface area (Å²) in [6, 6.07) is 0. The molecule has 0 rings (SSSR count). The Balaban J connectivity index is 5.06. The monoisotopic (exact) mass is 244 g/mol. The first-order valence-corrected chi connectivity index (χ1v) is 6.97. The molecular weight excluding hydrogens is 236 g/mol. The van der Waals surface area contributed by atoms with Crippen molar-refractivity contribution in [3.05, 3.63) is 0 Å². The summed E-state index contributed by atoms with van der Waals surface area (Å²) in [7, 11) is -11.7. The minimum atomic E-state index is -6.01. The maximum absolute atomic E-state index is 11.7. The van der Waals surface area contributed by atoms with Crippen molar-refractivity contribution in [2.75, 3.05) is 6.61 Å². The molecule has 0 aromatic rings. The van der Waals surface area contributed by atoms with Crippen LogP contribution in [0.1, 0.15) is 6.92 Å². The van der Waals surface area contributed by atoms with E-state index < -0.39 is 28.7 Å². The maximum atomic E-state index is 11.7. The summed E-state index contributed by atoms with van der Waals surface area (Å²) in [5.41, 5.74) is -5.71. The summed E-state index contributed by atoms with van der Waals surface area (Å²) in [6.07, 6.45) is 0. The van der Waals surface area contributed by atoms with Crippen LogP contribution < -0.4 is 0 Å². The van der Waals surface area contributed by atoms with Crippen LogP contribution in [0, 0.1) is 0 Å². The van der Waals surface area contributed by atoms with Gasteiger partial charge in [-0.25, -0.2) is 0 Å². The van der Waals surface area contributed by atoms with E-state index >= 15 is 0 Å². The predicted octanol–water partition coefficient (Wildman–Crippen LogP) is 0.352. The van der Waals surface area contributed by atoms with Gasteiger partial charge in [0, 0.05) is 0 Å². The molecule has 0 aliphatic carbocycles. The van der Waals surface area contributed by atoms with Crippen LogP contribution in [0.5, 0.6) is 0 Å². The molecule has 0 aliphatic rings. The Morgan fingerprint density at radius 2 is 1.77 bits per heavy atom. The summed E-state index contributed by atoms with van der Waals surface area (Å²) in [5.74, 6) is 0. The van der Waals surface area contributed by atoms with Gasteiger partial charge in [0.15, 0.2) is 0 Å². The van der Waals surface area contributed by atoms with E-state index in [0.29, 0.717) is 0 Å². The van der Waals surface area contributed by atoms with Crippen LogP contribution in [-0.4, -0.2) is 30.3 Å². The Kier molecular flexibility index (Phi) is 3.67. The number of hydrogen-bond acceptors (Lipinski definition) is 5. The van der Waals surface area contributed by atoms with Gasteiger partial charge < -0.3 is 0 Å². The Labute approximate surface area is 72.4 Å². The molecule has 0 saturated carbocycles. The molecule has 0 aromatic heterocycles. The van der Waals surface area contributed by atoms with Crippen LogP contribution in [0.15, 0.2) is 0 Å². The fraction of sp³-hybridized carbons (Fsp3) is 1.00. The van der Waals surface area contributed by atoms with Crippen LogP contribution in [0.4, 0.5) is 13.2 Å². The third kappa shape index (κ3) is 2.50. The van der Waals surface area contributed by atoms with E-state index in [0.717, 1.165) is 6.92 Å². The molecule has 0 bridgehead atoms. The van der Waals surface area contributed by atoms with Gasteiger partial charge >= 0.3 is 71.5 Å². The number of hydrogen-bond donors (Lipinski definition) is 2. The molecule has 13 heavy (non-hydrogen) atoms. The number of alkyl halides is 3. The molecule has 0 amide bonds. The summed E-state index contributed by atoms with van der Waals surface area (Å²) >= 11 is 0. The van der Waals surface area contributed by atoms with Gasteiger partial charge in [-0.15, -0.1) is 0 Å². The Morgan fingerprint density at radius 3 is 2.00 bits per heavy atom. The summed E-state index contributed by atoms with van der Waals surface area (Å²) in [5, 5.41) is 0. The van der Waals surface area contributed by atoms with E-state index in [9.17, 15) is 21.6 Å². The number of halogens is 3. The van der Waals surface area contributed by atoms with E-state index in [2.05, 4.69) is 4.52 Å². The molecule has 0 atom stereocenters. The van der Waals surface area contributed by atoms with Gasteiger partial charge in [-0.1, -0.05) is 0 Å². The molecule has 2 N–H and O–H groups in total. The first kappa shape index (κ1) is 13.1. The van der Waals surface area contributed by atoms with E-state index in [1.165, 1.54) is 0 Å². The first-order valence-electron chi connectivity index (χ1n) is 2.96. The Hall–Kier alpha value is 0.0500. The van der Waals surface area contributed by atoms with Crippen LogP contribution in [0.2, 0.25) is 0 Å². The van der Waals surface area contributed by atoms with E-state index in [-0.39, 0.29) is 0 Å². The van der Waals surface area contributed by atoms with Crippen molar-refractivity contribution >= 4 is 16.6 Å². The zero-order valence-electron chi connectivity index (χ0n) is 6.37. The van der Waals surface area contributed by atoms with Crippen molar-refractivity contribution in [3.8, 4) is 0 Å². The molecule has 0 aromatic carbocycles. The van der Waals surface area contributed by atoms with Gasteiger partial charge in [0.05, 0.1) is 0 Å². The van der Waals surface area contributed by atoms with Gasteiger partial charge in [0.2, 0.25) is 0 Å². The molecule has 10 heteroatoms. The molecular formula is C3H8F3O5PS. The number of rotatable bonds is 3. The first-order chi connectivity index (χ1) is 5.56. The topological polar surface area (TPSA) is 83.8 Å². The van der Waals surface area contributed by atoms with Crippen LogP contribution in [0.3, 0.4) is 0 Å². The van der Waals surface area contributed by atoms with E-state index in [1.54, 1.807) is 0 Å². The molecule has 0 unspecified atom stereocenters. The zero-order chi connectivity index (χ0) is 10.9. The van der Waals surface area contributed by atoms with Crippen molar-refractivity contribution in [1.29, 1.82) is 0 Å². The van der Waals surface area contributed by atoms with Gasteiger partial charge in [-0.05, 0) is 0 Å². The summed E-state index contributed by atoms with van der Waals surface area (Å²) < 4.78 is 59.6. The summed E-state index contributed by atoms with van der Waals surface area (Å²) in [4.78, 5) is 17.1. The molecule has 0 fully saturated rings. The molecule has 0 heterocycles. The molecule has 0 spiro atoms. The van der Waals surface area contributed by atoms with Gasteiger partial charge in [0.25, 0.3) is 0 Å². The quantitative estimate of drug-likeness (QED) is 0.700. The normalized spacial score (nSPS) is 15.8. The van der Waals surface area contributed by atoms with Crippen LogP contribution in [-0.2, 0) is 14.0 Å². The van der Waals surface area contributed by atoms with E-state index in [1.807, 2.05) is 0 Å². The molecule has 0 saturated heterocycles. The summed E-state index contributed by atoms with van der Waals surface area (Å²) in [6.45, 7) is 0.606. The van der Waals surface area contributed by atoms with Crippen LogP contribution in [0.25, 0.3) is 0 Å². The predicted molar refractivity (Wildman–Crippen MR) is 39.4 cm³/mol. The van der Waals surface area contributed by atoms with E-state index in [4.69, 9.17) is 9.79 Å². The minimum absolute atomic E-state index is 0.533. The van der Waals surface area contributed by atoms with Crippen molar-refractivity contribution in [2.45, 2.75) is 12.4 Å². The van der Waals surface area contributed by atoms with Crippen molar-refractivity contribution in [1.82, 2.24) is 0 Å². The van der Waals surface area contributed by atoms with Gasteiger partial charge in [0.1, 0.15) is 0 Å². The zero-order valence-corrected chi connectivity index (χ0v) is 8.18. The van der Waals surface area contributed by atoms with Crippen molar-refractivity contribution in [2.24, 2.45) is 0 Å². The van der Waals surface area contributed by atoms with Gasteiger partial charge in [-0.2, -0.15) is 0 Å². The Bertz CT molecular complexity index is 269. The molecule has 82 valence electrons. The fourth-order valence-electron chi connectivity index (χ4n) is 0.416. The molecule has 0 radical (unpaired) electrons. The standard InChI is InChI=1S/C3H8F3O5PS/c1-2-11-12(7,8)13(9,10)3(4,5)6/h7-8,12H,2H2,1H3. The van der Waals surface area contributed by atoms with Gasteiger partial charge in [-0.3, -0.25) is 0 Å².